The smallest absolute Gasteiger partial charge is 0.165 e. The fourth-order valence-electron chi connectivity index (χ4n) is 3.12. The summed E-state index contributed by atoms with van der Waals surface area (Å²) in [5.74, 6) is 1.80. The monoisotopic (exact) mass is 312 g/mol. The van der Waals surface area contributed by atoms with Crippen LogP contribution >= 0.6 is 12.4 Å². The fourth-order valence-corrected chi connectivity index (χ4v) is 3.12. The van der Waals surface area contributed by atoms with Gasteiger partial charge in [0.2, 0.25) is 0 Å². The van der Waals surface area contributed by atoms with Crippen molar-refractivity contribution in [1.82, 2.24) is 4.90 Å². The Hall–Kier alpha value is -0.970. The summed E-state index contributed by atoms with van der Waals surface area (Å²) >= 11 is 0. The van der Waals surface area contributed by atoms with Gasteiger partial charge in [-0.05, 0) is 17.9 Å². The molecule has 0 saturated carbocycles. The average molecular weight is 313 g/mol. The van der Waals surface area contributed by atoms with Gasteiger partial charge in [-0.2, -0.15) is 0 Å². The van der Waals surface area contributed by atoms with Gasteiger partial charge in [-0.15, -0.1) is 12.4 Å². The van der Waals surface area contributed by atoms with Crippen molar-refractivity contribution in [2.75, 3.05) is 26.3 Å². The minimum atomic E-state index is 0. The molecule has 21 heavy (non-hydrogen) atoms. The van der Waals surface area contributed by atoms with Crippen LogP contribution in [0.3, 0.4) is 0 Å². The van der Waals surface area contributed by atoms with Crippen LogP contribution in [-0.4, -0.2) is 37.2 Å². The molecule has 5 heteroatoms. The van der Waals surface area contributed by atoms with Gasteiger partial charge in [0.25, 0.3) is 0 Å². The summed E-state index contributed by atoms with van der Waals surface area (Å²) in [5.41, 5.74) is 7.59. The van der Waals surface area contributed by atoms with Crippen LogP contribution in [0.4, 0.5) is 0 Å². The minimum absolute atomic E-state index is 0. The highest BCUT2D eigenvalue weighted by Gasteiger charge is 2.33. The lowest BCUT2D eigenvalue weighted by Gasteiger charge is -2.42. The molecule has 0 radical (unpaired) electrons. The van der Waals surface area contributed by atoms with Crippen LogP contribution in [0.5, 0.6) is 11.5 Å². The molecule has 0 aliphatic carbocycles. The Kier molecular flexibility index (Phi) is 5.02. The van der Waals surface area contributed by atoms with E-state index in [0.29, 0.717) is 19.3 Å². The Labute approximate surface area is 133 Å². The molecule has 3 rings (SSSR count). The van der Waals surface area contributed by atoms with E-state index in [4.69, 9.17) is 15.2 Å². The molecular formula is C16H25ClN2O2. The predicted molar refractivity (Wildman–Crippen MR) is 86.3 cm³/mol. The first-order chi connectivity index (χ1) is 9.56. The number of halogens is 1. The standard InChI is InChI=1S/C16H24N2O2.ClH/c1-16(2)11-18(7-6-14(16)17)10-12-4-3-5-13-15(12)20-9-8-19-13;/h3-5,14H,6-11,17H2,1-2H3;1H. The van der Waals surface area contributed by atoms with Gasteiger partial charge in [-0.3, -0.25) is 4.90 Å². The minimum Gasteiger partial charge on any atom is -0.486 e. The zero-order valence-electron chi connectivity index (χ0n) is 12.8. The number of benzene rings is 1. The summed E-state index contributed by atoms with van der Waals surface area (Å²) in [6.07, 6.45) is 1.05. The molecule has 1 aromatic rings. The maximum Gasteiger partial charge on any atom is 0.165 e. The van der Waals surface area contributed by atoms with Crippen molar-refractivity contribution in [2.45, 2.75) is 32.9 Å². The summed E-state index contributed by atoms with van der Waals surface area (Å²) < 4.78 is 11.4. The Bertz CT molecular complexity index is 493. The maximum absolute atomic E-state index is 6.21. The van der Waals surface area contributed by atoms with Crippen LogP contribution in [0, 0.1) is 5.41 Å². The van der Waals surface area contributed by atoms with Gasteiger partial charge in [0, 0.05) is 31.2 Å². The molecule has 0 spiro atoms. The second-order valence-corrected chi connectivity index (χ2v) is 6.54. The van der Waals surface area contributed by atoms with Crippen LogP contribution in [0.1, 0.15) is 25.8 Å². The molecule has 0 aromatic heterocycles. The van der Waals surface area contributed by atoms with E-state index < -0.39 is 0 Å². The average Bonchev–Trinajstić information content (AvgIpc) is 2.43. The third kappa shape index (κ3) is 3.44. The SMILES string of the molecule is CC1(C)CN(Cc2cccc3c2OCCO3)CCC1N.Cl. The van der Waals surface area contributed by atoms with E-state index in [1.165, 1.54) is 5.56 Å². The van der Waals surface area contributed by atoms with E-state index in [1.54, 1.807) is 0 Å². The van der Waals surface area contributed by atoms with Crippen LogP contribution in [-0.2, 0) is 6.54 Å². The zero-order chi connectivity index (χ0) is 14.2. The highest BCUT2D eigenvalue weighted by molar-refractivity contribution is 5.85. The molecule has 1 fully saturated rings. The molecule has 2 heterocycles. The molecule has 1 aromatic carbocycles. The van der Waals surface area contributed by atoms with E-state index in [0.717, 1.165) is 37.6 Å². The Morgan fingerprint density at radius 3 is 2.81 bits per heavy atom. The van der Waals surface area contributed by atoms with Crippen LogP contribution in [0.2, 0.25) is 0 Å². The topological polar surface area (TPSA) is 47.7 Å². The number of ether oxygens (including phenoxy) is 2. The summed E-state index contributed by atoms with van der Waals surface area (Å²) in [5, 5.41) is 0. The lowest BCUT2D eigenvalue weighted by Crippen LogP contribution is -2.52. The number of likely N-dealkylation sites (tertiary alicyclic amines) is 1. The lowest BCUT2D eigenvalue weighted by molar-refractivity contribution is 0.0878. The molecule has 0 bridgehead atoms. The van der Waals surface area contributed by atoms with Crippen molar-refractivity contribution in [3.8, 4) is 11.5 Å². The molecule has 1 unspecified atom stereocenters. The van der Waals surface area contributed by atoms with Gasteiger partial charge in [-0.25, -0.2) is 0 Å². The molecule has 2 aliphatic rings. The van der Waals surface area contributed by atoms with Gasteiger partial charge >= 0.3 is 0 Å². The van der Waals surface area contributed by atoms with E-state index in [-0.39, 0.29) is 17.8 Å². The number of hydrogen-bond acceptors (Lipinski definition) is 4. The van der Waals surface area contributed by atoms with Crippen molar-refractivity contribution in [2.24, 2.45) is 11.1 Å². The summed E-state index contributed by atoms with van der Waals surface area (Å²) in [7, 11) is 0. The quantitative estimate of drug-likeness (QED) is 0.911. The Morgan fingerprint density at radius 1 is 1.29 bits per heavy atom. The van der Waals surface area contributed by atoms with Crippen molar-refractivity contribution < 1.29 is 9.47 Å². The van der Waals surface area contributed by atoms with Gasteiger partial charge < -0.3 is 15.2 Å². The second-order valence-electron chi connectivity index (χ2n) is 6.54. The number of nitrogens with two attached hydrogens (primary N) is 1. The molecule has 1 atom stereocenters. The van der Waals surface area contributed by atoms with Gasteiger partial charge in [0.1, 0.15) is 13.2 Å². The number of nitrogens with zero attached hydrogens (tertiary/aromatic N) is 1. The highest BCUT2D eigenvalue weighted by Crippen LogP contribution is 2.36. The first kappa shape index (κ1) is 16.4. The molecule has 2 N–H and O–H groups in total. The van der Waals surface area contributed by atoms with Crippen molar-refractivity contribution in [3.63, 3.8) is 0 Å². The first-order valence-electron chi connectivity index (χ1n) is 7.42. The van der Waals surface area contributed by atoms with Gasteiger partial charge in [0.05, 0.1) is 0 Å². The number of hydrogen-bond donors (Lipinski definition) is 1. The first-order valence-corrected chi connectivity index (χ1v) is 7.42. The Balaban J connectivity index is 0.00000161. The number of rotatable bonds is 2. The van der Waals surface area contributed by atoms with Gasteiger partial charge in [0.15, 0.2) is 11.5 Å². The fraction of sp³-hybridized carbons (Fsp3) is 0.625. The van der Waals surface area contributed by atoms with Crippen LogP contribution < -0.4 is 15.2 Å². The van der Waals surface area contributed by atoms with Crippen molar-refractivity contribution in [1.29, 1.82) is 0 Å². The number of fused-ring (bicyclic) bond motifs is 1. The third-order valence-corrected chi connectivity index (χ3v) is 4.43. The third-order valence-electron chi connectivity index (χ3n) is 4.43. The number of para-hydroxylation sites is 1. The molecular weight excluding hydrogens is 288 g/mol. The van der Waals surface area contributed by atoms with E-state index in [1.807, 2.05) is 12.1 Å². The van der Waals surface area contributed by atoms with E-state index in [2.05, 4.69) is 24.8 Å². The van der Waals surface area contributed by atoms with Crippen molar-refractivity contribution in [3.05, 3.63) is 23.8 Å². The molecule has 0 amide bonds. The summed E-state index contributed by atoms with van der Waals surface area (Å²) in [6.45, 7) is 8.77. The van der Waals surface area contributed by atoms with E-state index in [9.17, 15) is 0 Å². The maximum atomic E-state index is 6.21. The predicted octanol–water partition coefficient (Wildman–Crippen LogP) is 2.44. The lowest BCUT2D eigenvalue weighted by atomic mass is 9.79. The Morgan fingerprint density at radius 2 is 2.05 bits per heavy atom. The summed E-state index contributed by atoms with van der Waals surface area (Å²) in [4.78, 5) is 2.47. The van der Waals surface area contributed by atoms with Crippen LogP contribution in [0.15, 0.2) is 18.2 Å². The van der Waals surface area contributed by atoms with Gasteiger partial charge in [-0.1, -0.05) is 26.0 Å². The number of piperidine rings is 1. The van der Waals surface area contributed by atoms with E-state index >= 15 is 0 Å². The molecule has 2 aliphatic heterocycles. The van der Waals surface area contributed by atoms with Crippen molar-refractivity contribution >= 4 is 12.4 Å². The largest absolute Gasteiger partial charge is 0.486 e. The second kappa shape index (κ2) is 6.42. The molecule has 118 valence electrons. The van der Waals surface area contributed by atoms with Crippen LogP contribution in [0.25, 0.3) is 0 Å². The molecule has 4 nitrogen and oxygen atoms in total. The zero-order valence-corrected chi connectivity index (χ0v) is 13.6. The summed E-state index contributed by atoms with van der Waals surface area (Å²) in [6, 6.07) is 6.45. The normalized spacial score (nSPS) is 24.2. The highest BCUT2D eigenvalue weighted by atomic mass is 35.5. The molecule has 1 saturated heterocycles.